The van der Waals surface area contributed by atoms with Crippen LogP contribution in [0.2, 0.25) is 0 Å². The number of esters is 1. The molecule has 3 rings (SSSR count). The molecular formula is C23H24N2O7. The monoisotopic (exact) mass is 440 g/mol. The van der Waals surface area contributed by atoms with Gasteiger partial charge in [-0.05, 0) is 31.2 Å². The van der Waals surface area contributed by atoms with Crippen LogP contribution in [0, 0.1) is 5.92 Å². The molecular weight excluding hydrogens is 416 g/mol. The second kappa shape index (κ2) is 9.95. The number of carbonyl (C=O) groups is 4. The first-order chi connectivity index (χ1) is 15.3. The lowest BCUT2D eigenvalue weighted by Crippen LogP contribution is -2.28. The molecule has 0 radical (unpaired) electrons. The van der Waals surface area contributed by atoms with Gasteiger partial charge in [-0.1, -0.05) is 12.1 Å². The molecule has 1 aliphatic rings. The van der Waals surface area contributed by atoms with Gasteiger partial charge in [0.2, 0.25) is 5.91 Å². The molecule has 0 spiro atoms. The first-order valence-electron chi connectivity index (χ1n) is 9.92. The predicted octanol–water partition coefficient (Wildman–Crippen LogP) is 2.44. The Bertz CT molecular complexity index is 1050. The molecule has 32 heavy (non-hydrogen) atoms. The lowest BCUT2D eigenvalue weighted by Gasteiger charge is -2.20. The van der Waals surface area contributed by atoms with E-state index in [0.717, 1.165) is 0 Å². The van der Waals surface area contributed by atoms with Gasteiger partial charge in [0.1, 0.15) is 11.5 Å². The average molecular weight is 440 g/mol. The first-order valence-corrected chi connectivity index (χ1v) is 9.92. The topological polar surface area (TPSA) is 111 Å². The fraction of sp³-hybridized carbons (Fsp3) is 0.304. The van der Waals surface area contributed by atoms with E-state index < -0.39 is 24.4 Å². The molecule has 2 aromatic rings. The molecule has 1 N–H and O–H groups in total. The smallest absolute Gasteiger partial charge is 0.311 e. The number of ether oxygens (including phenoxy) is 3. The van der Waals surface area contributed by atoms with Crippen LogP contribution in [-0.2, 0) is 19.1 Å². The molecule has 1 saturated heterocycles. The zero-order chi connectivity index (χ0) is 23.3. The van der Waals surface area contributed by atoms with Crippen molar-refractivity contribution in [1.82, 2.24) is 0 Å². The molecule has 9 heteroatoms. The van der Waals surface area contributed by atoms with Gasteiger partial charge in [-0.25, -0.2) is 0 Å². The van der Waals surface area contributed by atoms with Crippen molar-refractivity contribution in [3.63, 3.8) is 0 Å². The van der Waals surface area contributed by atoms with Gasteiger partial charge >= 0.3 is 5.97 Å². The van der Waals surface area contributed by atoms with E-state index >= 15 is 0 Å². The number of amides is 2. The summed E-state index contributed by atoms with van der Waals surface area (Å²) in [5.74, 6) is -1.24. The van der Waals surface area contributed by atoms with Crippen molar-refractivity contribution >= 4 is 34.9 Å². The van der Waals surface area contributed by atoms with Crippen molar-refractivity contribution in [2.45, 2.75) is 13.3 Å². The fourth-order valence-electron chi connectivity index (χ4n) is 3.37. The lowest BCUT2D eigenvalue weighted by molar-refractivity contribution is -0.151. The van der Waals surface area contributed by atoms with Crippen LogP contribution >= 0.6 is 0 Å². The van der Waals surface area contributed by atoms with Crippen LogP contribution in [0.3, 0.4) is 0 Å². The standard InChI is InChI=1S/C23H24N2O7/c1-14(26)15-5-4-6-17(9-15)24-21(27)13-32-23(29)16-10-22(28)25(12-16)19-8-7-18(30-2)11-20(19)31-3/h4-9,11,16H,10,12-13H2,1-3H3,(H,24,27)/t16-/m0/s1. The first kappa shape index (κ1) is 22.8. The van der Waals surface area contributed by atoms with Crippen molar-refractivity contribution < 1.29 is 33.4 Å². The van der Waals surface area contributed by atoms with Crippen LogP contribution in [-0.4, -0.2) is 50.9 Å². The highest BCUT2D eigenvalue weighted by Crippen LogP contribution is 2.36. The molecule has 0 aromatic heterocycles. The molecule has 1 heterocycles. The van der Waals surface area contributed by atoms with E-state index in [2.05, 4.69) is 5.32 Å². The highest BCUT2D eigenvalue weighted by Gasteiger charge is 2.37. The third kappa shape index (κ3) is 5.23. The summed E-state index contributed by atoms with van der Waals surface area (Å²) < 4.78 is 15.6. The van der Waals surface area contributed by atoms with Crippen molar-refractivity contribution in [1.29, 1.82) is 0 Å². The van der Waals surface area contributed by atoms with E-state index in [4.69, 9.17) is 14.2 Å². The maximum absolute atomic E-state index is 12.5. The Hall–Kier alpha value is -3.88. The van der Waals surface area contributed by atoms with Crippen molar-refractivity contribution in [2.24, 2.45) is 5.92 Å². The molecule has 2 aromatic carbocycles. The van der Waals surface area contributed by atoms with Gasteiger partial charge in [0.15, 0.2) is 12.4 Å². The maximum Gasteiger partial charge on any atom is 0.311 e. The number of anilines is 2. The lowest BCUT2D eigenvalue weighted by atomic mass is 10.1. The van der Waals surface area contributed by atoms with Crippen LogP contribution in [0.1, 0.15) is 23.7 Å². The van der Waals surface area contributed by atoms with Gasteiger partial charge in [0, 0.05) is 30.3 Å². The van der Waals surface area contributed by atoms with Gasteiger partial charge in [-0.3, -0.25) is 19.2 Å². The summed E-state index contributed by atoms with van der Waals surface area (Å²) in [5, 5.41) is 2.58. The Morgan fingerprint density at radius 1 is 1.09 bits per heavy atom. The summed E-state index contributed by atoms with van der Waals surface area (Å²) in [4.78, 5) is 50.0. The molecule has 168 valence electrons. The maximum atomic E-state index is 12.5. The Labute approximate surface area is 185 Å². The molecule has 9 nitrogen and oxygen atoms in total. The third-order valence-electron chi connectivity index (χ3n) is 5.03. The third-order valence-corrected chi connectivity index (χ3v) is 5.03. The van der Waals surface area contributed by atoms with Crippen molar-refractivity contribution in [3.05, 3.63) is 48.0 Å². The second-order valence-corrected chi connectivity index (χ2v) is 7.24. The summed E-state index contributed by atoms with van der Waals surface area (Å²) >= 11 is 0. The summed E-state index contributed by atoms with van der Waals surface area (Å²) in [6, 6.07) is 11.5. The number of Topliss-reactive ketones (excluding diaryl/α,β-unsaturated/α-hetero) is 1. The summed E-state index contributed by atoms with van der Waals surface area (Å²) in [5.41, 5.74) is 1.41. The number of nitrogens with one attached hydrogen (secondary N) is 1. The van der Waals surface area contributed by atoms with Crippen molar-refractivity contribution in [2.75, 3.05) is 37.6 Å². The highest BCUT2D eigenvalue weighted by atomic mass is 16.5. The average Bonchev–Trinajstić information content (AvgIpc) is 3.18. The van der Waals surface area contributed by atoms with Gasteiger partial charge in [0.25, 0.3) is 5.91 Å². The Morgan fingerprint density at radius 2 is 1.88 bits per heavy atom. The summed E-state index contributed by atoms with van der Waals surface area (Å²) in [6.45, 7) is 1.04. The van der Waals surface area contributed by atoms with E-state index in [1.165, 1.54) is 32.1 Å². The van der Waals surface area contributed by atoms with Crippen LogP contribution in [0.5, 0.6) is 11.5 Å². The number of ketones is 1. The van der Waals surface area contributed by atoms with Gasteiger partial charge in [0.05, 0.1) is 25.8 Å². The van der Waals surface area contributed by atoms with Gasteiger partial charge < -0.3 is 24.4 Å². The molecule has 2 amide bonds. The van der Waals surface area contributed by atoms with E-state index in [9.17, 15) is 19.2 Å². The van der Waals surface area contributed by atoms with Crippen molar-refractivity contribution in [3.8, 4) is 11.5 Å². The van der Waals surface area contributed by atoms with E-state index in [0.29, 0.717) is 28.4 Å². The molecule has 0 aliphatic carbocycles. The number of hydrogen-bond acceptors (Lipinski definition) is 7. The minimum Gasteiger partial charge on any atom is -0.497 e. The van der Waals surface area contributed by atoms with Gasteiger partial charge in [-0.2, -0.15) is 0 Å². The quantitative estimate of drug-likeness (QED) is 0.496. The Morgan fingerprint density at radius 3 is 2.56 bits per heavy atom. The summed E-state index contributed by atoms with van der Waals surface area (Å²) in [6.07, 6.45) is -0.0315. The number of methoxy groups -OCH3 is 2. The zero-order valence-corrected chi connectivity index (χ0v) is 18.0. The number of hydrogen-bond donors (Lipinski definition) is 1. The highest BCUT2D eigenvalue weighted by molar-refractivity contribution is 6.01. The minimum absolute atomic E-state index is 0.0315. The van der Waals surface area contributed by atoms with Crippen LogP contribution in [0.4, 0.5) is 11.4 Å². The Kier molecular flexibility index (Phi) is 7.09. The van der Waals surface area contributed by atoms with Crippen LogP contribution < -0.4 is 19.7 Å². The number of nitrogens with zero attached hydrogens (tertiary/aromatic N) is 1. The molecule has 1 aliphatic heterocycles. The summed E-state index contributed by atoms with van der Waals surface area (Å²) in [7, 11) is 3.01. The molecule has 1 atom stereocenters. The molecule has 0 saturated carbocycles. The van der Waals surface area contributed by atoms with E-state index in [-0.39, 0.29) is 24.7 Å². The largest absolute Gasteiger partial charge is 0.497 e. The zero-order valence-electron chi connectivity index (χ0n) is 18.0. The van der Waals surface area contributed by atoms with E-state index in [1.54, 1.807) is 36.4 Å². The van der Waals surface area contributed by atoms with E-state index in [1.807, 2.05) is 0 Å². The molecule has 0 bridgehead atoms. The predicted molar refractivity (Wildman–Crippen MR) is 116 cm³/mol. The second-order valence-electron chi connectivity index (χ2n) is 7.24. The minimum atomic E-state index is -0.705. The van der Waals surface area contributed by atoms with Crippen LogP contribution in [0.15, 0.2) is 42.5 Å². The van der Waals surface area contributed by atoms with Gasteiger partial charge in [-0.15, -0.1) is 0 Å². The normalized spacial score (nSPS) is 15.3. The SMILES string of the molecule is COc1ccc(N2C[C@@H](C(=O)OCC(=O)Nc3cccc(C(C)=O)c3)CC2=O)c(OC)c1. The molecule has 1 fully saturated rings. The number of rotatable bonds is 8. The van der Waals surface area contributed by atoms with Crippen LogP contribution in [0.25, 0.3) is 0 Å². The molecule has 0 unspecified atom stereocenters. The number of benzene rings is 2. The Balaban J connectivity index is 1.57. The fourth-order valence-corrected chi connectivity index (χ4v) is 3.37. The number of carbonyl (C=O) groups excluding carboxylic acids is 4.